The molecule has 124 valence electrons. The van der Waals surface area contributed by atoms with E-state index < -0.39 is 9.84 Å². The molecule has 6 heteroatoms. The van der Waals surface area contributed by atoms with Gasteiger partial charge in [-0.15, -0.1) is 0 Å². The molecule has 0 saturated carbocycles. The first-order valence-corrected chi connectivity index (χ1v) is 9.11. The van der Waals surface area contributed by atoms with Crippen molar-refractivity contribution >= 4 is 15.7 Å². The van der Waals surface area contributed by atoms with Gasteiger partial charge in [0, 0.05) is 13.0 Å². The molecule has 0 spiro atoms. The van der Waals surface area contributed by atoms with Gasteiger partial charge < -0.3 is 5.32 Å². The van der Waals surface area contributed by atoms with Crippen LogP contribution in [0.1, 0.15) is 23.1 Å². The van der Waals surface area contributed by atoms with Gasteiger partial charge in [0.05, 0.1) is 22.3 Å². The second-order valence-corrected chi connectivity index (χ2v) is 7.58. The van der Waals surface area contributed by atoms with E-state index in [2.05, 4.69) is 5.32 Å². The van der Waals surface area contributed by atoms with E-state index in [9.17, 15) is 13.2 Å². The van der Waals surface area contributed by atoms with Gasteiger partial charge in [0.25, 0.3) is 0 Å². The standard InChI is InChI=1S/C18H18N2O3S/c1-14-2-8-17(9-3-14)24(22,23)11-10-18(21)20-13-16-6-4-15(12-19)5-7-16/h2-9H,10-11,13H2,1H3,(H,20,21). The zero-order chi connectivity index (χ0) is 17.6. The normalized spacial score (nSPS) is 10.8. The SMILES string of the molecule is Cc1ccc(S(=O)(=O)CCC(=O)NCc2ccc(C#N)cc2)cc1. The number of amides is 1. The summed E-state index contributed by atoms with van der Waals surface area (Å²) in [6.07, 6.45) is -0.0908. The highest BCUT2D eigenvalue weighted by Crippen LogP contribution is 2.13. The Morgan fingerprint density at radius 1 is 1.08 bits per heavy atom. The van der Waals surface area contributed by atoms with E-state index >= 15 is 0 Å². The molecule has 0 fully saturated rings. The largest absolute Gasteiger partial charge is 0.352 e. The van der Waals surface area contributed by atoms with Crippen LogP contribution >= 0.6 is 0 Å². The zero-order valence-corrected chi connectivity index (χ0v) is 14.1. The van der Waals surface area contributed by atoms with Crippen LogP contribution in [0.2, 0.25) is 0 Å². The number of carbonyl (C=O) groups excluding carboxylic acids is 1. The number of benzene rings is 2. The Bertz CT molecular complexity index is 849. The molecule has 24 heavy (non-hydrogen) atoms. The summed E-state index contributed by atoms with van der Waals surface area (Å²) in [5.74, 6) is -0.551. The van der Waals surface area contributed by atoms with Crippen molar-refractivity contribution in [1.82, 2.24) is 5.32 Å². The Hall–Kier alpha value is -2.65. The van der Waals surface area contributed by atoms with E-state index in [-0.39, 0.29) is 23.0 Å². The lowest BCUT2D eigenvalue weighted by Gasteiger charge is -2.07. The molecule has 0 aliphatic rings. The van der Waals surface area contributed by atoms with Crippen molar-refractivity contribution in [3.8, 4) is 6.07 Å². The molecular weight excluding hydrogens is 324 g/mol. The third-order valence-electron chi connectivity index (χ3n) is 3.55. The van der Waals surface area contributed by atoms with Crippen molar-refractivity contribution in [1.29, 1.82) is 5.26 Å². The lowest BCUT2D eigenvalue weighted by Crippen LogP contribution is -2.25. The highest BCUT2D eigenvalue weighted by molar-refractivity contribution is 7.91. The smallest absolute Gasteiger partial charge is 0.221 e. The van der Waals surface area contributed by atoms with Gasteiger partial charge in [0.2, 0.25) is 5.91 Å². The lowest BCUT2D eigenvalue weighted by atomic mass is 10.1. The first-order chi connectivity index (χ1) is 11.4. The molecule has 0 saturated heterocycles. The monoisotopic (exact) mass is 342 g/mol. The number of hydrogen-bond donors (Lipinski definition) is 1. The fraction of sp³-hybridized carbons (Fsp3) is 0.222. The molecule has 0 bridgehead atoms. The number of rotatable bonds is 6. The quantitative estimate of drug-likeness (QED) is 0.873. The van der Waals surface area contributed by atoms with E-state index in [0.29, 0.717) is 12.1 Å². The molecule has 1 amide bonds. The van der Waals surface area contributed by atoms with E-state index in [1.54, 1.807) is 48.5 Å². The van der Waals surface area contributed by atoms with Crippen LogP contribution in [0.3, 0.4) is 0 Å². The van der Waals surface area contributed by atoms with Gasteiger partial charge in [-0.2, -0.15) is 5.26 Å². The number of carbonyl (C=O) groups is 1. The van der Waals surface area contributed by atoms with Gasteiger partial charge in [-0.3, -0.25) is 4.79 Å². The van der Waals surface area contributed by atoms with Gasteiger partial charge in [-0.25, -0.2) is 8.42 Å². The van der Waals surface area contributed by atoms with E-state index in [0.717, 1.165) is 11.1 Å². The molecule has 0 atom stereocenters. The summed E-state index contributed by atoms with van der Waals surface area (Å²) in [6.45, 7) is 2.18. The van der Waals surface area contributed by atoms with Crippen LogP contribution in [-0.4, -0.2) is 20.1 Å². The van der Waals surface area contributed by atoms with Crippen LogP contribution in [0.15, 0.2) is 53.4 Å². The minimum absolute atomic E-state index is 0.0908. The summed E-state index contributed by atoms with van der Waals surface area (Å²) in [7, 11) is -3.46. The maximum Gasteiger partial charge on any atom is 0.221 e. The van der Waals surface area contributed by atoms with Crippen LogP contribution in [0.5, 0.6) is 0 Å². The molecule has 0 aromatic heterocycles. The highest BCUT2D eigenvalue weighted by atomic mass is 32.2. The van der Waals surface area contributed by atoms with Gasteiger partial charge in [-0.05, 0) is 36.8 Å². The van der Waals surface area contributed by atoms with Crippen molar-refractivity contribution in [2.45, 2.75) is 24.8 Å². The van der Waals surface area contributed by atoms with Crippen LogP contribution < -0.4 is 5.32 Å². The molecule has 2 rings (SSSR count). The van der Waals surface area contributed by atoms with Crippen molar-refractivity contribution in [2.24, 2.45) is 0 Å². The molecule has 2 aromatic carbocycles. The fourth-order valence-corrected chi connectivity index (χ4v) is 3.32. The molecule has 0 aliphatic carbocycles. The molecule has 0 heterocycles. The number of aryl methyl sites for hydroxylation is 1. The molecule has 5 nitrogen and oxygen atoms in total. The predicted octanol–water partition coefficient (Wildman–Crippen LogP) is 2.35. The summed E-state index contributed by atoms with van der Waals surface area (Å²) in [5, 5.41) is 11.4. The van der Waals surface area contributed by atoms with Gasteiger partial charge in [0.1, 0.15) is 0 Å². The second kappa shape index (κ2) is 7.75. The van der Waals surface area contributed by atoms with Gasteiger partial charge in [0.15, 0.2) is 9.84 Å². The van der Waals surface area contributed by atoms with Crippen LogP contribution in [0, 0.1) is 18.3 Å². The average Bonchev–Trinajstić information content (AvgIpc) is 2.59. The minimum atomic E-state index is -3.46. The van der Waals surface area contributed by atoms with Crippen molar-refractivity contribution in [3.05, 3.63) is 65.2 Å². The molecular formula is C18H18N2O3S. The van der Waals surface area contributed by atoms with Crippen LogP contribution in [0.25, 0.3) is 0 Å². The molecule has 2 aromatic rings. The Labute approximate surface area is 141 Å². The third-order valence-corrected chi connectivity index (χ3v) is 5.28. The first kappa shape index (κ1) is 17.7. The van der Waals surface area contributed by atoms with Gasteiger partial charge >= 0.3 is 0 Å². The average molecular weight is 342 g/mol. The molecule has 0 unspecified atom stereocenters. The summed E-state index contributed by atoms with van der Waals surface area (Å²) in [5.41, 5.74) is 2.38. The maximum absolute atomic E-state index is 12.2. The number of hydrogen-bond acceptors (Lipinski definition) is 4. The predicted molar refractivity (Wildman–Crippen MR) is 90.9 cm³/mol. The second-order valence-electron chi connectivity index (χ2n) is 5.47. The van der Waals surface area contributed by atoms with E-state index in [1.165, 1.54) is 0 Å². The van der Waals surface area contributed by atoms with Crippen LogP contribution in [-0.2, 0) is 21.2 Å². The lowest BCUT2D eigenvalue weighted by molar-refractivity contribution is -0.120. The number of sulfone groups is 1. The summed E-state index contributed by atoms with van der Waals surface area (Å²) >= 11 is 0. The zero-order valence-electron chi connectivity index (χ0n) is 13.3. The summed E-state index contributed by atoms with van der Waals surface area (Å²) in [4.78, 5) is 12.1. The summed E-state index contributed by atoms with van der Waals surface area (Å²) < 4.78 is 24.4. The maximum atomic E-state index is 12.2. The number of nitriles is 1. The topological polar surface area (TPSA) is 87.0 Å². The van der Waals surface area contributed by atoms with E-state index in [4.69, 9.17) is 5.26 Å². The van der Waals surface area contributed by atoms with Gasteiger partial charge in [-0.1, -0.05) is 29.8 Å². The van der Waals surface area contributed by atoms with E-state index in [1.807, 2.05) is 13.0 Å². The Kier molecular flexibility index (Phi) is 5.72. The molecule has 0 radical (unpaired) electrons. The Balaban J connectivity index is 1.86. The molecule has 1 N–H and O–H groups in total. The minimum Gasteiger partial charge on any atom is -0.352 e. The summed E-state index contributed by atoms with van der Waals surface area (Å²) in [6, 6.07) is 15.4. The van der Waals surface area contributed by atoms with Crippen molar-refractivity contribution in [3.63, 3.8) is 0 Å². The van der Waals surface area contributed by atoms with Crippen molar-refractivity contribution < 1.29 is 13.2 Å². The fourth-order valence-electron chi connectivity index (χ4n) is 2.08. The van der Waals surface area contributed by atoms with Crippen molar-refractivity contribution in [2.75, 3.05) is 5.75 Å². The highest BCUT2D eigenvalue weighted by Gasteiger charge is 2.16. The third kappa shape index (κ3) is 4.93. The first-order valence-electron chi connectivity index (χ1n) is 7.46. The Morgan fingerprint density at radius 3 is 2.29 bits per heavy atom. The Morgan fingerprint density at radius 2 is 1.71 bits per heavy atom. The molecule has 0 aliphatic heterocycles. The van der Waals surface area contributed by atoms with Crippen LogP contribution in [0.4, 0.5) is 0 Å². The number of nitrogens with one attached hydrogen (secondary N) is 1. The number of nitrogens with zero attached hydrogens (tertiary/aromatic N) is 1.